The molecule has 0 atom stereocenters. The summed E-state index contributed by atoms with van der Waals surface area (Å²) in [6, 6.07) is 13.9. The van der Waals surface area contributed by atoms with Crippen LogP contribution in [0.25, 0.3) is 0 Å². The van der Waals surface area contributed by atoms with E-state index in [1.54, 1.807) is 36.0 Å². The number of hydrogen-bond donors (Lipinski definition) is 1. The quantitative estimate of drug-likeness (QED) is 0.710. The molecule has 0 aliphatic rings. The van der Waals surface area contributed by atoms with Crippen LogP contribution in [-0.2, 0) is 20.2 Å². The molecule has 0 radical (unpaired) electrons. The third kappa shape index (κ3) is 4.95. The maximum atomic E-state index is 12.4. The average molecular weight is 384 g/mol. The van der Waals surface area contributed by atoms with Crippen LogP contribution in [0.5, 0.6) is 5.75 Å². The summed E-state index contributed by atoms with van der Waals surface area (Å²) in [4.78, 5) is 28.8. The van der Waals surface area contributed by atoms with E-state index in [2.05, 4.69) is 10.3 Å². The van der Waals surface area contributed by atoms with Crippen molar-refractivity contribution < 1.29 is 9.53 Å². The van der Waals surface area contributed by atoms with Crippen molar-refractivity contribution in [1.29, 1.82) is 0 Å². The lowest BCUT2D eigenvalue weighted by molar-refractivity contribution is 0.0941. The largest absolute Gasteiger partial charge is 0.483 e. The number of aryl methyl sites for hydroxylation is 1. The summed E-state index contributed by atoms with van der Waals surface area (Å²) >= 11 is 5.94. The van der Waals surface area contributed by atoms with Gasteiger partial charge in [0.1, 0.15) is 12.3 Å². The standard InChI is InChI=1S/C20H18ClN3O3/c1-24-12-19(27-13-14-5-4-6-15(21)9-14)18(25)10-17(24)20(26)23-11-16-7-2-3-8-22-16/h2-10,12H,11,13H2,1H3,(H,23,26). The summed E-state index contributed by atoms with van der Waals surface area (Å²) in [5.74, 6) is -0.194. The first-order valence-electron chi connectivity index (χ1n) is 8.29. The fraction of sp³-hybridized carbons (Fsp3) is 0.150. The normalized spacial score (nSPS) is 10.4. The number of benzene rings is 1. The Morgan fingerprint density at radius 2 is 2.07 bits per heavy atom. The Hall–Kier alpha value is -3.12. The van der Waals surface area contributed by atoms with E-state index < -0.39 is 0 Å². The van der Waals surface area contributed by atoms with Gasteiger partial charge in [-0.1, -0.05) is 29.8 Å². The summed E-state index contributed by atoms with van der Waals surface area (Å²) < 4.78 is 7.15. The smallest absolute Gasteiger partial charge is 0.268 e. The first kappa shape index (κ1) is 18.7. The van der Waals surface area contributed by atoms with Gasteiger partial charge in [-0.25, -0.2) is 0 Å². The Balaban J connectivity index is 1.68. The molecule has 0 unspecified atom stereocenters. The van der Waals surface area contributed by atoms with Gasteiger partial charge in [0.25, 0.3) is 5.91 Å². The second-order valence-electron chi connectivity index (χ2n) is 5.92. The molecule has 0 saturated heterocycles. The number of amides is 1. The van der Waals surface area contributed by atoms with Crippen LogP contribution < -0.4 is 15.5 Å². The molecule has 3 aromatic rings. The monoisotopic (exact) mass is 383 g/mol. The zero-order valence-corrected chi connectivity index (χ0v) is 15.4. The van der Waals surface area contributed by atoms with E-state index in [-0.39, 0.29) is 35.9 Å². The SMILES string of the molecule is Cn1cc(OCc2cccc(Cl)c2)c(=O)cc1C(=O)NCc1ccccn1. The van der Waals surface area contributed by atoms with Crippen molar-refractivity contribution >= 4 is 17.5 Å². The van der Waals surface area contributed by atoms with Gasteiger partial charge in [-0.2, -0.15) is 0 Å². The van der Waals surface area contributed by atoms with Crippen LogP contribution in [0.3, 0.4) is 0 Å². The van der Waals surface area contributed by atoms with Crippen molar-refractivity contribution in [2.24, 2.45) is 7.05 Å². The number of hydrogen-bond acceptors (Lipinski definition) is 4. The van der Waals surface area contributed by atoms with Crippen LogP contribution in [0.2, 0.25) is 5.02 Å². The molecule has 1 amide bonds. The molecule has 0 aliphatic heterocycles. The Morgan fingerprint density at radius 1 is 1.22 bits per heavy atom. The summed E-state index contributed by atoms with van der Waals surface area (Å²) in [6.07, 6.45) is 3.16. The zero-order chi connectivity index (χ0) is 19.2. The predicted molar refractivity (Wildman–Crippen MR) is 103 cm³/mol. The number of nitrogens with one attached hydrogen (secondary N) is 1. The molecule has 2 aromatic heterocycles. The van der Waals surface area contributed by atoms with Gasteiger partial charge in [-0.3, -0.25) is 14.6 Å². The molecule has 0 bridgehead atoms. The lowest BCUT2D eigenvalue weighted by Crippen LogP contribution is -2.28. The molecule has 0 aliphatic carbocycles. The van der Waals surface area contributed by atoms with Gasteiger partial charge in [0.2, 0.25) is 5.43 Å². The first-order valence-corrected chi connectivity index (χ1v) is 8.67. The molecule has 3 rings (SSSR count). The number of aromatic nitrogens is 2. The Labute approximate surface area is 161 Å². The number of carbonyl (C=O) groups excluding carboxylic acids is 1. The number of carbonyl (C=O) groups is 1. The molecule has 1 N–H and O–H groups in total. The lowest BCUT2D eigenvalue weighted by atomic mass is 10.2. The Kier molecular flexibility index (Phi) is 5.88. The number of halogens is 1. The van der Waals surface area contributed by atoms with Crippen molar-refractivity contribution in [2.45, 2.75) is 13.2 Å². The topological polar surface area (TPSA) is 73.2 Å². The fourth-order valence-corrected chi connectivity index (χ4v) is 2.71. The molecule has 0 saturated carbocycles. The summed E-state index contributed by atoms with van der Waals surface area (Å²) in [5.41, 5.74) is 1.46. The lowest BCUT2D eigenvalue weighted by Gasteiger charge is -2.12. The molecule has 6 nitrogen and oxygen atoms in total. The summed E-state index contributed by atoms with van der Waals surface area (Å²) in [7, 11) is 1.68. The van der Waals surface area contributed by atoms with Gasteiger partial charge < -0.3 is 14.6 Å². The third-order valence-corrected chi connectivity index (χ3v) is 4.11. The van der Waals surface area contributed by atoms with Gasteiger partial charge in [-0.05, 0) is 29.8 Å². The molecule has 0 spiro atoms. The van der Waals surface area contributed by atoms with E-state index >= 15 is 0 Å². The maximum Gasteiger partial charge on any atom is 0.268 e. The van der Waals surface area contributed by atoms with E-state index in [0.29, 0.717) is 5.02 Å². The van der Waals surface area contributed by atoms with Crippen LogP contribution in [-0.4, -0.2) is 15.5 Å². The van der Waals surface area contributed by atoms with E-state index in [4.69, 9.17) is 16.3 Å². The molecule has 2 heterocycles. The van der Waals surface area contributed by atoms with E-state index in [1.165, 1.54) is 12.3 Å². The number of pyridine rings is 2. The highest BCUT2D eigenvalue weighted by Gasteiger charge is 2.13. The highest BCUT2D eigenvalue weighted by Crippen LogP contribution is 2.13. The molecule has 1 aromatic carbocycles. The van der Waals surface area contributed by atoms with Gasteiger partial charge in [-0.15, -0.1) is 0 Å². The average Bonchev–Trinajstić information content (AvgIpc) is 2.67. The van der Waals surface area contributed by atoms with Crippen LogP contribution in [0, 0.1) is 0 Å². The maximum absolute atomic E-state index is 12.4. The van der Waals surface area contributed by atoms with Gasteiger partial charge in [0.15, 0.2) is 5.75 Å². The van der Waals surface area contributed by atoms with Crippen molar-refractivity contribution in [2.75, 3.05) is 0 Å². The van der Waals surface area contributed by atoms with Crippen LogP contribution >= 0.6 is 11.6 Å². The van der Waals surface area contributed by atoms with Crippen molar-refractivity contribution in [3.05, 3.63) is 93.1 Å². The predicted octanol–water partition coefficient (Wildman–Crippen LogP) is 2.94. The molecule has 138 valence electrons. The minimum atomic E-state index is -0.363. The fourth-order valence-electron chi connectivity index (χ4n) is 2.49. The van der Waals surface area contributed by atoms with Crippen molar-refractivity contribution in [3.63, 3.8) is 0 Å². The number of rotatable bonds is 6. The summed E-state index contributed by atoms with van der Waals surface area (Å²) in [6.45, 7) is 0.488. The van der Waals surface area contributed by atoms with E-state index in [0.717, 1.165) is 11.3 Å². The van der Waals surface area contributed by atoms with E-state index in [9.17, 15) is 9.59 Å². The number of nitrogens with zero attached hydrogens (tertiary/aromatic N) is 2. The summed E-state index contributed by atoms with van der Waals surface area (Å²) in [5, 5.41) is 3.35. The van der Waals surface area contributed by atoms with Crippen LogP contribution in [0.1, 0.15) is 21.7 Å². The number of ether oxygens (including phenoxy) is 1. The molecule has 27 heavy (non-hydrogen) atoms. The zero-order valence-electron chi connectivity index (χ0n) is 14.7. The Bertz CT molecular complexity index is 1000. The van der Waals surface area contributed by atoms with E-state index in [1.807, 2.05) is 24.3 Å². The second kappa shape index (κ2) is 8.51. The van der Waals surface area contributed by atoms with Crippen LogP contribution in [0.15, 0.2) is 65.7 Å². The molecule has 0 fully saturated rings. The van der Waals surface area contributed by atoms with Crippen molar-refractivity contribution in [1.82, 2.24) is 14.9 Å². The van der Waals surface area contributed by atoms with Gasteiger partial charge in [0, 0.05) is 24.3 Å². The van der Waals surface area contributed by atoms with Crippen LogP contribution in [0.4, 0.5) is 0 Å². The minimum absolute atomic E-state index is 0.166. The second-order valence-corrected chi connectivity index (χ2v) is 6.36. The first-order chi connectivity index (χ1) is 13.0. The third-order valence-electron chi connectivity index (χ3n) is 3.87. The highest BCUT2D eigenvalue weighted by molar-refractivity contribution is 6.30. The minimum Gasteiger partial charge on any atom is -0.483 e. The molecule has 7 heteroatoms. The van der Waals surface area contributed by atoms with Gasteiger partial charge in [0.05, 0.1) is 18.4 Å². The molecular formula is C20H18ClN3O3. The van der Waals surface area contributed by atoms with Gasteiger partial charge >= 0.3 is 0 Å². The van der Waals surface area contributed by atoms with Crippen molar-refractivity contribution in [3.8, 4) is 5.75 Å². The highest BCUT2D eigenvalue weighted by atomic mass is 35.5. The Morgan fingerprint density at radius 3 is 2.81 bits per heavy atom. The molecular weight excluding hydrogens is 366 g/mol.